The topological polar surface area (TPSA) is 212 Å². The fourth-order valence-electron chi connectivity index (χ4n) is 7.35. The molecule has 2 amide bonds. The van der Waals surface area contributed by atoms with Crippen LogP contribution in [0.2, 0.25) is 0 Å². The zero-order valence-corrected chi connectivity index (χ0v) is 42.1. The summed E-state index contributed by atoms with van der Waals surface area (Å²) < 4.78 is 23.6. The van der Waals surface area contributed by atoms with Crippen LogP contribution in [-0.2, 0) is 44.7 Å². The van der Waals surface area contributed by atoms with E-state index in [0.717, 1.165) is 95.5 Å². The predicted molar refractivity (Wildman–Crippen MR) is 263 cm³/mol. The molecule has 15 heteroatoms. The molecule has 0 aliphatic heterocycles. The first-order valence-electron chi connectivity index (χ1n) is 25.4. The summed E-state index contributed by atoms with van der Waals surface area (Å²) in [6, 6.07) is 7.24. The van der Waals surface area contributed by atoms with Gasteiger partial charge < -0.3 is 29.6 Å². The summed E-state index contributed by atoms with van der Waals surface area (Å²) in [7, 11) is 0. The summed E-state index contributed by atoms with van der Waals surface area (Å²) in [5.74, 6) is 0.285. The number of amides is 2. The first-order valence-corrected chi connectivity index (χ1v) is 25.4. The molecular formula is C52H87N5O10. The molecule has 2 N–H and O–H groups in total. The number of carbonyl (C=O) groups is 6. The van der Waals surface area contributed by atoms with Gasteiger partial charge in [-0.15, -0.1) is 0 Å². The van der Waals surface area contributed by atoms with E-state index in [4.69, 9.17) is 24.5 Å². The lowest BCUT2D eigenvalue weighted by atomic mass is 9.83. The number of nitrogens with zero attached hydrogens (tertiary/aromatic N) is 3. The third-order valence-corrected chi connectivity index (χ3v) is 11.2. The molecular weight excluding hydrogens is 855 g/mol. The third-order valence-electron chi connectivity index (χ3n) is 11.2. The van der Waals surface area contributed by atoms with Gasteiger partial charge >= 0.3 is 6.09 Å². The van der Waals surface area contributed by atoms with Crippen molar-refractivity contribution in [1.82, 2.24) is 10.6 Å². The number of unbranched alkanes of at least 4 members (excludes halogenated alkanes) is 12. The van der Waals surface area contributed by atoms with Crippen molar-refractivity contribution >= 4 is 35.1 Å². The third kappa shape index (κ3) is 34.7. The van der Waals surface area contributed by atoms with Gasteiger partial charge in [0.25, 0.3) is 0 Å². The second kappa shape index (κ2) is 38.8. The maximum atomic E-state index is 13.7. The van der Waals surface area contributed by atoms with E-state index in [1.807, 2.05) is 12.1 Å². The van der Waals surface area contributed by atoms with Gasteiger partial charge in [0.1, 0.15) is 23.0 Å². The number of ketones is 4. The molecule has 1 aromatic rings. The molecule has 0 aliphatic carbocycles. The van der Waals surface area contributed by atoms with Crippen LogP contribution in [0.25, 0.3) is 10.4 Å². The van der Waals surface area contributed by atoms with E-state index < -0.39 is 17.1 Å². The van der Waals surface area contributed by atoms with Gasteiger partial charge in [0.05, 0.1) is 46.2 Å². The Bertz CT molecular complexity index is 1560. The molecule has 67 heavy (non-hydrogen) atoms. The van der Waals surface area contributed by atoms with E-state index in [1.54, 1.807) is 32.9 Å². The van der Waals surface area contributed by atoms with Gasteiger partial charge in [-0.2, -0.15) is 0 Å². The van der Waals surface area contributed by atoms with Gasteiger partial charge in [-0.25, -0.2) is 4.79 Å². The first-order chi connectivity index (χ1) is 32.2. The number of azide groups is 1. The number of nitrogens with one attached hydrogen (secondary N) is 2. The molecule has 1 atom stereocenters. The number of ether oxygens (including phenoxy) is 4. The van der Waals surface area contributed by atoms with Gasteiger partial charge in [0.2, 0.25) is 5.91 Å². The number of rotatable bonds is 44. The SMILES string of the molecule is CCCCCC(=O)CCOCC(COCCC(=O)CCCCNC(=O)OC(C)(C)C)(COCCC(=O)NCCCC)CC(=O)CCCCCCCCCCCC(=O)c1ccc(CN=[N+]=[N-])cc1. The molecule has 0 fully saturated rings. The standard InChI is InChI=1S/C52H87N5O10/c1-6-8-17-22-45(58)30-35-64-40-52(42-66-37-32-49(62)54-33-9-7-2,41-65-36-31-46(59)23-20-21-34-55-50(63)67-51(3,4)5)38-47(60)24-18-15-13-11-10-12-14-16-19-25-48(61)44-28-26-43(27-29-44)39-56-57-53/h26-29H,6-25,30-42H2,1-5H3,(H,54,62)(H,55,63). The Balaban J connectivity index is 2.71. The van der Waals surface area contributed by atoms with E-state index in [2.05, 4.69) is 34.5 Å². The molecule has 1 unspecified atom stereocenters. The van der Waals surface area contributed by atoms with Gasteiger partial charge in [-0.05, 0) is 70.4 Å². The summed E-state index contributed by atoms with van der Waals surface area (Å²) in [6.45, 7) is 11.8. The molecule has 380 valence electrons. The van der Waals surface area contributed by atoms with Crippen LogP contribution in [0.3, 0.4) is 0 Å². The minimum absolute atomic E-state index is 0.0401. The van der Waals surface area contributed by atoms with Crippen LogP contribution in [-0.4, -0.2) is 93.5 Å². The van der Waals surface area contributed by atoms with E-state index in [1.165, 1.54) is 0 Å². The van der Waals surface area contributed by atoms with E-state index in [9.17, 15) is 28.8 Å². The van der Waals surface area contributed by atoms with Crippen molar-refractivity contribution in [3.63, 3.8) is 0 Å². The highest BCUT2D eigenvalue weighted by Crippen LogP contribution is 2.27. The van der Waals surface area contributed by atoms with E-state index in [0.29, 0.717) is 57.2 Å². The molecule has 0 radical (unpaired) electrons. The Morgan fingerprint density at radius 3 is 1.58 bits per heavy atom. The zero-order valence-electron chi connectivity index (χ0n) is 42.1. The molecule has 0 saturated carbocycles. The quantitative estimate of drug-likeness (QED) is 0.0208. The second-order valence-corrected chi connectivity index (χ2v) is 18.9. The summed E-state index contributed by atoms with van der Waals surface area (Å²) in [5.41, 5.74) is 8.59. The van der Waals surface area contributed by atoms with Gasteiger partial charge in [0, 0.05) is 80.3 Å². The average molecular weight is 942 g/mol. The zero-order chi connectivity index (χ0) is 49.4. The molecule has 0 aromatic heterocycles. The normalized spacial score (nSPS) is 12.2. The molecule has 0 bridgehead atoms. The average Bonchev–Trinajstić information content (AvgIpc) is 3.28. The fraction of sp³-hybridized carbons (Fsp3) is 0.769. The predicted octanol–water partition coefficient (Wildman–Crippen LogP) is 11.5. The Kier molecular flexibility index (Phi) is 35.2. The maximum Gasteiger partial charge on any atom is 0.407 e. The van der Waals surface area contributed by atoms with Crippen molar-refractivity contribution in [2.45, 2.75) is 201 Å². The number of alkyl carbamates (subject to hydrolysis) is 1. The van der Waals surface area contributed by atoms with Crippen molar-refractivity contribution < 1.29 is 47.7 Å². The lowest BCUT2D eigenvalue weighted by molar-refractivity contribution is -0.132. The van der Waals surface area contributed by atoms with E-state index in [-0.39, 0.29) is 101 Å². The lowest BCUT2D eigenvalue weighted by Crippen LogP contribution is -2.40. The second-order valence-electron chi connectivity index (χ2n) is 18.9. The van der Waals surface area contributed by atoms with Gasteiger partial charge in [0.15, 0.2) is 5.78 Å². The molecule has 0 aliphatic rings. The molecule has 15 nitrogen and oxygen atoms in total. The van der Waals surface area contributed by atoms with E-state index >= 15 is 0 Å². The number of Topliss-reactive ketones (excluding diaryl/α,β-unsaturated/α-hetero) is 4. The summed E-state index contributed by atoms with van der Waals surface area (Å²) in [4.78, 5) is 78.6. The lowest BCUT2D eigenvalue weighted by Gasteiger charge is -2.33. The first kappa shape index (κ1) is 60.8. The number of carbonyl (C=O) groups excluding carboxylic acids is 6. The van der Waals surface area contributed by atoms with Crippen molar-refractivity contribution in [3.05, 3.63) is 45.8 Å². The Morgan fingerprint density at radius 1 is 0.567 bits per heavy atom. The minimum Gasteiger partial charge on any atom is -0.444 e. The van der Waals surface area contributed by atoms with Gasteiger partial charge in [-0.3, -0.25) is 24.0 Å². The smallest absolute Gasteiger partial charge is 0.407 e. The van der Waals surface area contributed by atoms with Crippen molar-refractivity contribution in [3.8, 4) is 0 Å². The van der Waals surface area contributed by atoms with Crippen molar-refractivity contribution in [2.75, 3.05) is 52.7 Å². The highest BCUT2D eigenvalue weighted by atomic mass is 16.6. The highest BCUT2D eigenvalue weighted by Gasteiger charge is 2.34. The highest BCUT2D eigenvalue weighted by molar-refractivity contribution is 5.96. The number of benzene rings is 1. The molecule has 0 spiro atoms. The van der Waals surface area contributed by atoms with Crippen molar-refractivity contribution in [2.24, 2.45) is 10.5 Å². The van der Waals surface area contributed by atoms with Gasteiger partial charge in [-0.1, -0.05) is 107 Å². The van der Waals surface area contributed by atoms with Crippen LogP contribution in [0.1, 0.15) is 205 Å². The van der Waals surface area contributed by atoms with Crippen LogP contribution in [0.5, 0.6) is 0 Å². The minimum atomic E-state index is -0.874. The van der Waals surface area contributed by atoms with Crippen LogP contribution in [0.4, 0.5) is 4.79 Å². The summed E-state index contributed by atoms with van der Waals surface area (Å²) in [6.07, 6.45) is 17.1. The van der Waals surface area contributed by atoms with Crippen LogP contribution >= 0.6 is 0 Å². The van der Waals surface area contributed by atoms with Crippen LogP contribution in [0, 0.1) is 5.41 Å². The molecule has 0 saturated heterocycles. The largest absolute Gasteiger partial charge is 0.444 e. The summed E-state index contributed by atoms with van der Waals surface area (Å²) >= 11 is 0. The number of hydrogen-bond acceptors (Lipinski definition) is 11. The Morgan fingerprint density at radius 2 is 1.04 bits per heavy atom. The summed E-state index contributed by atoms with van der Waals surface area (Å²) in [5, 5.41) is 9.17. The molecule has 0 heterocycles. The maximum absolute atomic E-state index is 13.7. The van der Waals surface area contributed by atoms with Crippen LogP contribution in [0.15, 0.2) is 29.4 Å². The van der Waals surface area contributed by atoms with Crippen molar-refractivity contribution in [1.29, 1.82) is 0 Å². The molecule has 1 aromatic carbocycles. The Hall–Kier alpha value is -4.17. The fourth-order valence-corrected chi connectivity index (χ4v) is 7.35. The number of hydrogen-bond donors (Lipinski definition) is 2. The monoisotopic (exact) mass is 942 g/mol. The Labute approximate surface area is 402 Å². The molecule has 1 rings (SSSR count). The van der Waals surface area contributed by atoms with Crippen LogP contribution < -0.4 is 10.6 Å².